The van der Waals surface area contributed by atoms with Crippen molar-refractivity contribution >= 4 is 5.91 Å². The molecule has 5 heteroatoms. The number of halogens is 2. The minimum atomic E-state index is -1.04. The summed E-state index contributed by atoms with van der Waals surface area (Å²) in [7, 11) is 0. The summed E-state index contributed by atoms with van der Waals surface area (Å²) in [5, 5.41) is 2.61. The first-order chi connectivity index (χ1) is 10.9. The summed E-state index contributed by atoms with van der Waals surface area (Å²) in [5.41, 5.74) is 3.43. The summed E-state index contributed by atoms with van der Waals surface area (Å²) in [5.74, 6) is -1.71. The van der Waals surface area contributed by atoms with Crippen LogP contribution in [0, 0.1) is 32.4 Å². The smallest absolute Gasteiger partial charge is 0.251 e. The molecule has 0 saturated carbocycles. The van der Waals surface area contributed by atoms with E-state index < -0.39 is 17.5 Å². The second kappa shape index (κ2) is 7.22. The zero-order chi connectivity index (χ0) is 17.0. The third kappa shape index (κ3) is 4.28. The Labute approximate surface area is 134 Å². The van der Waals surface area contributed by atoms with Gasteiger partial charge in [-0.1, -0.05) is 6.07 Å². The fourth-order valence-corrected chi connectivity index (χ4v) is 2.15. The topological polar surface area (TPSA) is 38.3 Å². The van der Waals surface area contributed by atoms with Gasteiger partial charge in [0.1, 0.15) is 12.4 Å². The van der Waals surface area contributed by atoms with Gasteiger partial charge >= 0.3 is 0 Å². The lowest BCUT2D eigenvalue weighted by Crippen LogP contribution is -2.28. The van der Waals surface area contributed by atoms with Crippen molar-refractivity contribution in [2.24, 2.45) is 0 Å². The van der Waals surface area contributed by atoms with Gasteiger partial charge in [0.15, 0.2) is 11.6 Å². The van der Waals surface area contributed by atoms with Crippen LogP contribution < -0.4 is 10.1 Å². The van der Waals surface area contributed by atoms with Crippen LogP contribution in [0.4, 0.5) is 8.78 Å². The highest BCUT2D eigenvalue weighted by Gasteiger charge is 2.09. The molecule has 23 heavy (non-hydrogen) atoms. The number of aryl methyl sites for hydroxylation is 3. The van der Waals surface area contributed by atoms with Crippen molar-refractivity contribution < 1.29 is 18.3 Å². The van der Waals surface area contributed by atoms with Crippen molar-refractivity contribution in [2.45, 2.75) is 20.8 Å². The Morgan fingerprint density at radius 2 is 1.70 bits per heavy atom. The molecule has 0 aliphatic carbocycles. The molecule has 2 rings (SSSR count). The van der Waals surface area contributed by atoms with E-state index in [-0.39, 0.29) is 12.1 Å². The Balaban J connectivity index is 1.86. The maximum Gasteiger partial charge on any atom is 0.251 e. The number of ether oxygens (including phenoxy) is 1. The molecule has 2 aromatic carbocycles. The van der Waals surface area contributed by atoms with E-state index in [0.29, 0.717) is 6.61 Å². The van der Waals surface area contributed by atoms with Gasteiger partial charge in [-0.05, 0) is 61.7 Å². The van der Waals surface area contributed by atoms with Crippen LogP contribution in [0.1, 0.15) is 27.0 Å². The largest absolute Gasteiger partial charge is 0.491 e. The molecule has 0 aliphatic heterocycles. The number of rotatable bonds is 5. The van der Waals surface area contributed by atoms with E-state index in [1.165, 1.54) is 11.6 Å². The fraction of sp³-hybridized carbons (Fsp3) is 0.278. The molecular formula is C18H19F2NO2. The Morgan fingerprint density at radius 1 is 1.00 bits per heavy atom. The van der Waals surface area contributed by atoms with Crippen LogP contribution in [-0.2, 0) is 0 Å². The summed E-state index contributed by atoms with van der Waals surface area (Å²) in [4.78, 5) is 11.8. The zero-order valence-electron chi connectivity index (χ0n) is 13.4. The summed E-state index contributed by atoms with van der Waals surface area (Å²) < 4.78 is 31.6. The normalized spacial score (nSPS) is 10.5. The number of hydrogen-bond acceptors (Lipinski definition) is 2. The molecule has 0 unspecified atom stereocenters. The highest BCUT2D eigenvalue weighted by molar-refractivity contribution is 5.94. The second-order valence-electron chi connectivity index (χ2n) is 5.44. The summed E-state index contributed by atoms with van der Waals surface area (Å²) >= 11 is 0. The van der Waals surface area contributed by atoms with E-state index in [0.717, 1.165) is 29.0 Å². The summed E-state index contributed by atoms with van der Waals surface area (Å²) in [6.07, 6.45) is 0. The van der Waals surface area contributed by atoms with Gasteiger partial charge in [-0.25, -0.2) is 8.78 Å². The van der Waals surface area contributed by atoms with Crippen molar-refractivity contribution in [2.75, 3.05) is 13.2 Å². The molecule has 0 saturated heterocycles. The lowest BCUT2D eigenvalue weighted by atomic mass is 10.1. The predicted molar refractivity (Wildman–Crippen MR) is 84.8 cm³/mol. The average molecular weight is 319 g/mol. The van der Waals surface area contributed by atoms with Gasteiger partial charge in [-0.15, -0.1) is 0 Å². The monoisotopic (exact) mass is 319 g/mol. The molecule has 0 radical (unpaired) electrons. The van der Waals surface area contributed by atoms with Crippen LogP contribution >= 0.6 is 0 Å². The van der Waals surface area contributed by atoms with E-state index in [4.69, 9.17) is 4.74 Å². The van der Waals surface area contributed by atoms with Crippen LogP contribution in [0.2, 0.25) is 0 Å². The lowest BCUT2D eigenvalue weighted by molar-refractivity contribution is 0.0946. The Bertz CT molecular complexity index is 729. The van der Waals surface area contributed by atoms with Gasteiger partial charge in [0.25, 0.3) is 5.91 Å². The van der Waals surface area contributed by atoms with Gasteiger partial charge in [0.05, 0.1) is 6.54 Å². The Kier molecular flexibility index (Phi) is 5.32. The summed E-state index contributed by atoms with van der Waals surface area (Å²) in [6, 6.07) is 7.05. The molecule has 0 spiro atoms. The first-order valence-electron chi connectivity index (χ1n) is 7.32. The molecule has 0 atom stereocenters. The molecule has 3 nitrogen and oxygen atoms in total. The Morgan fingerprint density at radius 3 is 2.39 bits per heavy atom. The molecule has 122 valence electrons. The SMILES string of the molecule is Cc1cc(C)c(OCCNC(=O)c2ccc(F)c(F)c2)cc1C. The number of benzene rings is 2. The number of carbonyl (C=O) groups excluding carboxylic acids is 1. The average Bonchev–Trinajstić information content (AvgIpc) is 2.51. The maximum absolute atomic E-state index is 13.1. The van der Waals surface area contributed by atoms with E-state index in [2.05, 4.69) is 5.32 Å². The van der Waals surface area contributed by atoms with Crippen LogP contribution in [0.5, 0.6) is 5.75 Å². The molecule has 1 amide bonds. The second-order valence-corrected chi connectivity index (χ2v) is 5.44. The van der Waals surface area contributed by atoms with E-state index >= 15 is 0 Å². The van der Waals surface area contributed by atoms with Gasteiger partial charge in [0, 0.05) is 5.56 Å². The lowest BCUT2D eigenvalue weighted by Gasteiger charge is -2.12. The quantitative estimate of drug-likeness (QED) is 0.854. The third-order valence-electron chi connectivity index (χ3n) is 3.62. The van der Waals surface area contributed by atoms with Gasteiger partial charge in [-0.3, -0.25) is 4.79 Å². The maximum atomic E-state index is 13.1. The van der Waals surface area contributed by atoms with E-state index in [1.807, 2.05) is 32.9 Å². The van der Waals surface area contributed by atoms with Crippen LogP contribution in [-0.4, -0.2) is 19.1 Å². The number of hydrogen-bond donors (Lipinski definition) is 1. The first-order valence-corrected chi connectivity index (χ1v) is 7.32. The molecular weight excluding hydrogens is 300 g/mol. The zero-order valence-corrected chi connectivity index (χ0v) is 13.4. The van der Waals surface area contributed by atoms with Crippen LogP contribution in [0.25, 0.3) is 0 Å². The van der Waals surface area contributed by atoms with Gasteiger partial charge < -0.3 is 10.1 Å². The van der Waals surface area contributed by atoms with Crippen molar-refractivity contribution in [1.29, 1.82) is 0 Å². The molecule has 2 aromatic rings. The molecule has 0 heterocycles. The summed E-state index contributed by atoms with van der Waals surface area (Å²) in [6.45, 7) is 6.56. The molecule has 0 aliphatic rings. The Hall–Kier alpha value is -2.43. The molecule has 1 N–H and O–H groups in total. The van der Waals surface area contributed by atoms with Gasteiger partial charge in [-0.2, -0.15) is 0 Å². The highest BCUT2D eigenvalue weighted by atomic mass is 19.2. The van der Waals surface area contributed by atoms with Crippen molar-refractivity contribution in [1.82, 2.24) is 5.32 Å². The van der Waals surface area contributed by atoms with E-state index in [1.54, 1.807) is 0 Å². The standard InChI is InChI=1S/C18H19F2NO2/c1-11-8-13(3)17(9-12(11)2)23-7-6-21-18(22)14-4-5-15(19)16(20)10-14/h4-5,8-10H,6-7H2,1-3H3,(H,21,22). The third-order valence-corrected chi connectivity index (χ3v) is 3.62. The van der Waals surface area contributed by atoms with Crippen LogP contribution in [0.3, 0.4) is 0 Å². The van der Waals surface area contributed by atoms with Crippen molar-refractivity contribution in [3.63, 3.8) is 0 Å². The first kappa shape index (κ1) is 16.9. The van der Waals surface area contributed by atoms with E-state index in [9.17, 15) is 13.6 Å². The minimum absolute atomic E-state index is 0.0752. The molecule has 0 aromatic heterocycles. The van der Waals surface area contributed by atoms with Crippen LogP contribution in [0.15, 0.2) is 30.3 Å². The predicted octanol–water partition coefficient (Wildman–Crippen LogP) is 3.70. The van der Waals surface area contributed by atoms with Gasteiger partial charge in [0.2, 0.25) is 0 Å². The minimum Gasteiger partial charge on any atom is -0.491 e. The fourth-order valence-electron chi connectivity index (χ4n) is 2.15. The number of carbonyl (C=O) groups is 1. The molecule has 0 bridgehead atoms. The number of nitrogens with one attached hydrogen (secondary N) is 1. The highest BCUT2D eigenvalue weighted by Crippen LogP contribution is 2.22. The molecule has 0 fully saturated rings. The van der Waals surface area contributed by atoms with Crippen molar-refractivity contribution in [3.05, 3.63) is 64.2 Å². The number of amides is 1. The van der Waals surface area contributed by atoms with Crippen molar-refractivity contribution in [3.8, 4) is 5.75 Å².